The van der Waals surface area contributed by atoms with E-state index in [1.807, 2.05) is 24.3 Å². The Morgan fingerprint density at radius 3 is 2.44 bits per heavy atom. The molecule has 0 aliphatic carbocycles. The highest BCUT2D eigenvalue weighted by Gasteiger charge is 2.49. The van der Waals surface area contributed by atoms with Crippen LogP contribution in [0.15, 0.2) is 55.0 Å². The normalized spacial score (nSPS) is 15.8. The summed E-state index contributed by atoms with van der Waals surface area (Å²) in [5, 5.41) is 0. The molecule has 1 aliphatic rings. The number of primary amides is 1. The average Bonchev–Trinajstić information content (AvgIpc) is 3.41. The van der Waals surface area contributed by atoms with Crippen molar-refractivity contribution in [2.45, 2.75) is 50.9 Å². The summed E-state index contributed by atoms with van der Waals surface area (Å²) < 4.78 is 33.9. The number of aromatic amines is 1. The highest BCUT2D eigenvalue weighted by Crippen LogP contribution is 2.42. The number of imidazole rings is 1. The fraction of sp³-hybridized carbons (Fsp3) is 0.433. The molecule has 4 rings (SSSR count). The number of aromatic nitrogens is 2. The Balaban J connectivity index is 1.61. The fourth-order valence-corrected chi connectivity index (χ4v) is 5.66. The van der Waals surface area contributed by atoms with Crippen LogP contribution in [0.3, 0.4) is 0 Å². The molecule has 2 atom stereocenters. The summed E-state index contributed by atoms with van der Waals surface area (Å²) in [6.45, 7) is 2.69. The molecule has 2 amide bonds. The lowest BCUT2D eigenvalue weighted by Crippen LogP contribution is -2.63. The number of rotatable bonds is 13. The molecule has 7 nitrogen and oxygen atoms in total. The lowest BCUT2D eigenvalue weighted by Gasteiger charge is -2.52. The van der Waals surface area contributed by atoms with E-state index in [2.05, 4.69) is 16.9 Å². The van der Waals surface area contributed by atoms with Crippen molar-refractivity contribution in [3.63, 3.8) is 0 Å². The molecule has 3 N–H and O–H groups in total. The number of ether oxygens (including phenoxy) is 1. The molecule has 1 fully saturated rings. The van der Waals surface area contributed by atoms with Crippen LogP contribution in [0.25, 0.3) is 0 Å². The van der Waals surface area contributed by atoms with E-state index in [0.29, 0.717) is 42.9 Å². The first-order chi connectivity index (χ1) is 18.8. The van der Waals surface area contributed by atoms with Gasteiger partial charge in [0.2, 0.25) is 11.8 Å². The number of carbonyl (C=O) groups excluding carboxylic acids is 2. The van der Waals surface area contributed by atoms with Crippen LogP contribution in [-0.4, -0.2) is 46.9 Å². The third kappa shape index (κ3) is 6.46. The van der Waals surface area contributed by atoms with Crippen molar-refractivity contribution in [3.8, 4) is 5.75 Å². The van der Waals surface area contributed by atoms with Gasteiger partial charge in [-0.1, -0.05) is 44.4 Å². The van der Waals surface area contributed by atoms with Crippen molar-refractivity contribution in [3.05, 3.63) is 83.4 Å². The molecule has 1 saturated heterocycles. The summed E-state index contributed by atoms with van der Waals surface area (Å²) in [7, 11) is 1.58. The van der Waals surface area contributed by atoms with Crippen molar-refractivity contribution in [2.75, 3.05) is 20.2 Å². The van der Waals surface area contributed by atoms with Gasteiger partial charge in [0.15, 0.2) is 0 Å². The molecule has 1 unspecified atom stereocenters. The molecule has 2 aromatic carbocycles. The third-order valence-electron chi connectivity index (χ3n) is 7.84. The Bertz CT molecular complexity index is 1260. The fourth-order valence-electron chi connectivity index (χ4n) is 5.66. The molecule has 1 aliphatic heterocycles. The first-order valence-electron chi connectivity index (χ1n) is 13.4. The van der Waals surface area contributed by atoms with Gasteiger partial charge in [0.05, 0.1) is 25.3 Å². The number of amides is 2. The number of carbonyl (C=O) groups is 2. The quantitative estimate of drug-likeness (QED) is 0.312. The number of hydrogen-bond donors (Lipinski definition) is 2. The summed E-state index contributed by atoms with van der Waals surface area (Å²) in [6.07, 6.45) is 7.21. The first-order valence-corrected chi connectivity index (χ1v) is 13.4. The molecule has 208 valence electrons. The second-order valence-electron chi connectivity index (χ2n) is 10.5. The average molecular weight is 539 g/mol. The number of nitrogens with zero attached hydrogens (tertiary/aromatic N) is 2. The maximum atomic E-state index is 14.9. The molecule has 0 saturated carbocycles. The van der Waals surface area contributed by atoms with E-state index in [1.165, 1.54) is 18.5 Å². The molecule has 0 bridgehead atoms. The number of unbranched alkanes of at least 4 members (excludes halogenated alkanes) is 2. The van der Waals surface area contributed by atoms with E-state index in [0.717, 1.165) is 30.9 Å². The first kappa shape index (κ1) is 28.3. The number of nitrogens with two attached hydrogens (primary N) is 1. The number of halogens is 2. The Hall–Kier alpha value is -3.75. The molecular weight excluding hydrogens is 502 g/mol. The second-order valence-corrected chi connectivity index (χ2v) is 10.5. The third-order valence-corrected chi connectivity index (χ3v) is 7.84. The van der Waals surface area contributed by atoms with Crippen LogP contribution in [0.2, 0.25) is 0 Å². The number of hydrogen-bond acceptors (Lipinski definition) is 4. The maximum Gasteiger partial charge on any atom is 0.226 e. The SMILES string of the molecule is CCCCCC1(c2ccc(F)cc2F)CN(C(=O)[C@H](Cc2ccc(OC)cc2)C(Cc2cnc[nH]2)C(N)=O)C1. The number of nitrogens with one attached hydrogen (secondary N) is 1. The molecular formula is C30H36F2N4O3. The molecule has 9 heteroatoms. The maximum absolute atomic E-state index is 14.9. The van der Waals surface area contributed by atoms with E-state index in [1.54, 1.807) is 18.2 Å². The summed E-state index contributed by atoms with van der Waals surface area (Å²) in [5.41, 5.74) is 7.26. The second kappa shape index (κ2) is 12.4. The predicted molar refractivity (Wildman–Crippen MR) is 144 cm³/mol. The van der Waals surface area contributed by atoms with Gasteiger partial charge in [0, 0.05) is 42.9 Å². The minimum Gasteiger partial charge on any atom is -0.497 e. The smallest absolute Gasteiger partial charge is 0.226 e. The van der Waals surface area contributed by atoms with Crippen LogP contribution in [0, 0.1) is 23.5 Å². The molecule has 3 aromatic rings. The Kier molecular flexibility index (Phi) is 8.99. The Morgan fingerprint density at radius 2 is 1.85 bits per heavy atom. The van der Waals surface area contributed by atoms with Gasteiger partial charge in [-0.15, -0.1) is 0 Å². The summed E-state index contributed by atoms with van der Waals surface area (Å²) in [5.74, 6) is -2.83. The van der Waals surface area contributed by atoms with Crippen LogP contribution in [-0.2, 0) is 27.8 Å². The van der Waals surface area contributed by atoms with Gasteiger partial charge in [0.1, 0.15) is 17.4 Å². The number of benzene rings is 2. The molecule has 2 heterocycles. The minimum absolute atomic E-state index is 0.206. The minimum atomic E-state index is -0.780. The molecule has 0 radical (unpaired) electrons. The van der Waals surface area contributed by atoms with E-state index in [4.69, 9.17) is 10.5 Å². The zero-order chi connectivity index (χ0) is 28.0. The van der Waals surface area contributed by atoms with Crippen molar-refractivity contribution in [1.29, 1.82) is 0 Å². The van der Waals surface area contributed by atoms with E-state index >= 15 is 0 Å². The summed E-state index contributed by atoms with van der Waals surface area (Å²) in [6, 6.07) is 11.0. The lowest BCUT2D eigenvalue weighted by atomic mass is 9.69. The number of methoxy groups -OCH3 is 1. The number of likely N-dealkylation sites (tertiary alicyclic amines) is 1. The standard InChI is InChI=1S/C30H36F2N4O3/c1-3-4-5-12-30(26-11-8-21(31)14-27(26)32)17-36(18-30)29(38)25(13-20-6-9-23(39-2)10-7-20)24(28(33)37)15-22-16-34-19-35-22/h6-11,14,16,19,24-25H,3-5,12-13,15,17-18H2,1-2H3,(H2,33,37)(H,34,35)/t24?,25-/m1/s1. The van der Waals surface area contributed by atoms with Crippen molar-refractivity contribution < 1.29 is 23.1 Å². The monoisotopic (exact) mass is 538 g/mol. The van der Waals surface area contributed by atoms with E-state index < -0.39 is 34.8 Å². The van der Waals surface area contributed by atoms with Gasteiger partial charge in [-0.05, 0) is 42.2 Å². The predicted octanol–water partition coefficient (Wildman–Crippen LogP) is 4.56. The van der Waals surface area contributed by atoms with Crippen molar-refractivity contribution >= 4 is 11.8 Å². The summed E-state index contributed by atoms with van der Waals surface area (Å²) >= 11 is 0. The van der Waals surface area contributed by atoms with Crippen molar-refractivity contribution in [2.24, 2.45) is 17.6 Å². The molecule has 1 aromatic heterocycles. The lowest BCUT2D eigenvalue weighted by molar-refractivity contribution is -0.148. The summed E-state index contributed by atoms with van der Waals surface area (Å²) in [4.78, 5) is 35.4. The Morgan fingerprint density at radius 1 is 1.10 bits per heavy atom. The van der Waals surface area contributed by atoms with Crippen LogP contribution in [0.1, 0.15) is 49.4 Å². The van der Waals surface area contributed by atoms with E-state index in [-0.39, 0.29) is 12.3 Å². The number of H-pyrrole nitrogens is 1. The Labute approximate surface area is 227 Å². The highest BCUT2D eigenvalue weighted by atomic mass is 19.1. The topological polar surface area (TPSA) is 101 Å². The van der Waals surface area contributed by atoms with Crippen LogP contribution >= 0.6 is 0 Å². The zero-order valence-electron chi connectivity index (χ0n) is 22.5. The highest BCUT2D eigenvalue weighted by molar-refractivity contribution is 5.88. The van der Waals surface area contributed by atoms with Gasteiger partial charge < -0.3 is 20.4 Å². The van der Waals surface area contributed by atoms with Crippen LogP contribution < -0.4 is 10.5 Å². The molecule has 0 spiro atoms. The molecule has 39 heavy (non-hydrogen) atoms. The van der Waals surface area contributed by atoms with Gasteiger partial charge >= 0.3 is 0 Å². The van der Waals surface area contributed by atoms with Gasteiger partial charge in [-0.2, -0.15) is 0 Å². The van der Waals surface area contributed by atoms with Crippen LogP contribution in [0.4, 0.5) is 8.78 Å². The largest absolute Gasteiger partial charge is 0.497 e. The van der Waals surface area contributed by atoms with Crippen molar-refractivity contribution in [1.82, 2.24) is 14.9 Å². The van der Waals surface area contributed by atoms with Gasteiger partial charge in [0.25, 0.3) is 0 Å². The van der Waals surface area contributed by atoms with Crippen LogP contribution in [0.5, 0.6) is 5.75 Å². The zero-order valence-corrected chi connectivity index (χ0v) is 22.5. The van der Waals surface area contributed by atoms with E-state index in [9.17, 15) is 18.4 Å². The van der Waals surface area contributed by atoms with Gasteiger partial charge in [-0.25, -0.2) is 13.8 Å². The van der Waals surface area contributed by atoms with Gasteiger partial charge in [-0.3, -0.25) is 9.59 Å².